The van der Waals surface area contributed by atoms with Crippen LogP contribution >= 0.6 is 0 Å². The Morgan fingerprint density at radius 1 is 1.42 bits per heavy atom. The van der Waals surface area contributed by atoms with Crippen LogP contribution in [0.2, 0.25) is 0 Å². The van der Waals surface area contributed by atoms with Crippen molar-refractivity contribution in [3.05, 3.63) is 11.4 Å². The van der Waals surface area contributed by atoms with Crippen molar-refractivity contribution >= 4 is 11.9 Å². The summed E-state index contributed by atoms with van der Waals surface area (Å²) in [5, 5.41) is 10.4. The summed E-state index contributed by atoms with van der Waals surface area (Å²) in [6.07, 6.45) is 1.06. The smallest absolute Gasteiger partial charge is 0.360 e. The lowest BCUT2D eigenvalue weighted by Gasteiger charge is -2.10. The number of nitrogens with one attached hydrogen (secondary N) is 1. The minimum Gasteiger partial charge on any atom is -0.464 e. The highest BCUT2D eigenvalue weighted by atomic mass is 16.5. The van der Waals surface area contributed by atoms with Gasteiger partial charge in [-0.3, -0.25) is 4.79 Å². The first-order valence-corrected chi connectivity index (χ1v) is 6.23. The molecule has 106 valence electrons. The van der Waals surface area contributed by atoms with Crippen LogP contribution in [0.25, 0.3) is 0 Å². The topological polar surface area (TPSA) is 86.1 Å². The minimum absolute atomic E-state index is 0.0144. The van der Waals surface area contributed by atoms with Crippen molar-refractivity contribution in [1.82, 2.24) is 20.3 Å². The molecule has 0 spiro atoms. The Hall–Kier alpha value is -1.92. The fourth-order valence-corrected chi connectivity index (χ4v) is 1.81. The zero-order valence-corrected chi connectivity index (χ0v) is 11.8. The maximum Gasteiger partial charge on any atom is 0.360 e. The van der Waals surface area contributed by atoms with Gasteiger partial charge in [0.25, 0.3) is 0 Å². The molecule has 0 radical (unpaired) electrons. The Morgan fingerprint density at radius 2 is 2.11 bits per heavy atom. The number of hydrogen-bond acceptors (Lipinski definition) is 5. The van der Waals surface area contributed by atoms with Crippen molar-refractivity contribution in [1.29, 1.82) is 0 Å². The van der Waals surface area contributed by atoms with Gasteiger partial charge in [0.15, 0.2) is 5.69 Å². The maximum atomic E-state index is 11.6. The summed E-state index contributed by atoms with van der Waals surface area (Å²) in [6.45, 7) is 4.46. The number of ether oxygens (including phenoxy) is 1. The van der Waals surface area contributed by atoms with E-state index in [0.29, 0.717) is 19.4 Å². The van der Waals surface area contributed by atoms with E-state index in [1.54, 1.807) is 11.7 Å². The molecule has 0 aromatic carbocycles. The Morgan fingerprint density at radius 3 is 2.63 bits per heavy atom. The summed E-state index contributed by atoms with van der Waals surface area (Å²) in [5.74, 6) is -0.398. The molecule has 1 amide bonds. The largest absolute Gasteiger partial charge is 0.464 e. The van der Waals surface area contributed by atoms with Crippen molar-refractivity contribution < 1.29 is 14.3 Å². The van der Waals surface area contributed by atoms with Crippen LogP contribution < -0.4 is 5.32 Å². The van der Waals surface area contributed by atoms with Gasteiger partial charge in [-0.25, -0.2) is 9.48 Å². The highest BCUT2D eigenvalue weighted by molar-refractivity contribution is 5.88. The average Bonchev–Trinajstić information content (AvgIpc) is 2.81. The van der Waals surface area contributed by atoms with Gasteiger partial charge in [-0.05, 0) is 12.3 Å². The molecule has 0 atom stereocenters. The van der Waals surface area contributed by atoms with Crippen LogP contribution in [0.4, 0.5) is 0 Å². The van der Waals surface area contributed by atoms with Gasteiger partial charge in [0.1, 0.15) is 0 Å². The Balaban J connectivity index is 2.81. The zero-order valence-electron chi connectivity index (χ0n) is 11.8. The molecule has 0 saturated heterocycles. The molecule has 19 heavy (non-hydrogen) atoms. The number of hydrogen-bond donors (Lipinski definition) is 1. The van der Waals surface area contributed by atoms with E-state index in [9.17, 15) is 9.59 Å². The van der Waals surface area contributed by atoms with Crippen molar-refractivity contribution in [3.63, 3.8) is 0 Å². The molecule has 7 heteroatoms. The standard InChI is InChI=1S/C12H20N4O3/c1-8(2)11-10(12(18)19-4)14-15-16(11)7-5-6-9(17)13-3/h8H,5-7H2,1-4H3,(H,13,17). The van der Waals surface area contributed by atoms with Crippen LogP contribution in [0.15, 0.2) is 0 Å². The van der Waals surface area contributed by atoms with E-state index in [1.807, 2.05) is 13.8 Å². The Bertz CT molecular complexity index is 454. The molecule has 0 bridgehead atoms. The van der Waals surface area contributed by atoms with Gasteiger partial charge in [0.05, 0.1) is 12.8 Å². The van der Waals surface area contributed by atoms with E-state index in [2.05, 4.69) is 20.4 Å². The van der Waals surface area contributed by atoms with Gasteiger partial charge in [0.2, 0.25) is 5.91 Å². The van der Waals surface area contributed by atoms with Crippen molar-refractivity contribution in [2.75, 3.05) is 14.2 Å². The Kier molecular flexibility index (Phi) is 5.47. The van der Waals surface area contributed by atoms with Crippen molar-refractivity contribution in [3.8, 4) is 0 Å². The van der Waals surface area contributed by atoms with E-state index >= 15 is 0 Å². The molecule has 0 fully saturated rings. The lowest BCUT2D eigenvalue weighted by molar-refractivity contribution is -0.120. The summed E-state index contributed by atoms with van der Waals surface area (Å²) in [4.78, 5) is 22.7. The lowest BCUT2D eigenvalue weighted by atomic mass is 10.1. The van der Waals surface area contributed by atoms with Crippen molar-refractivity contribution in [2.24, 2.45) is 0 Å². The summed E-state index contributed by atoms with van der Waals surface area (Å²) in [5.41, 5.74) is 0.987. The molecule has 1 rings (SSSR count). The number of esters is 1. The molecule has 1 heterocycles. The molecule has 1 aromatic heterocycles. The van der Waals surface area contributed by atoms with E-state index in [4.69, 9.17) is 0 Å². The van der Waals surface area contributed by atoms with Crippen LogP contribution in [0.5, 0.6) is 0 Å². The number of amides is 1. The first-order chi connectivity index (χ1) is 9.01. The molecule has 7 nitrogen and oxygen atoms in total. The first kappa shape index (κ1) is 15.1. The number of aromatic nitrogens is 3. The summed E-state index contributed by atoms with van der Waals surface area (Å²) in [7, 11) is 2.92. The molecule has 0 aliphatic rings. The number of methoxy groups -OCH3 is 1. The van der Waals surface area contributed by atoms with Gasteiger partial charge in [-0.2, -0.15) is 0 Å². The lowest BCUT2D eigenvalue weighted by Crippen LogP contribution is -2.18. The highest BCUT2D eigenvalue weighted by Gasteiger charge is 2.22. The maximum absolute atomic E-state index is 11.6. The molecule has 0 saturated carbocycles. The first-order valence-electron chi connectivity index (χ1n) is 6.23. The second-order valence-corrected chi connectivity index (χ2v) is 4.47. The third kappa shape index (κ3) is 3.77. The number of carbonyl (C=O) groups is 2. The minimum atomic E-state index is -0.485. The van der Waals surface area contributed by atoms with Gasteiger partial charge in [-0.15, -0.1) is 5.10 Å². The molecule has 1 N–H and O–H groups in total. The summed E-state index contributed by atoms with van der Waals surface area (Å²) >= 11 is 0. The molecule has 0 unspecified atom stereocenters. The van der Waals surface area contributed by atoms with Crippen LogP contribution in [0.1, 0.15) is 48.8 Å². The molecule has 1 aromatic rings. The third-order valence-electron chi connectivity index (χ3n) is 2.75. The number of carbonyl (C=O) groups excluding carboxylic acids is 2. The predicted molar refractivity (Wildman–Crippen MR) is 68.8 cm³/mol. The van der Waals surface area contributed by atoms with Crippen molar-refractivity contribution in [2.45, 2.75) is 39.2 Å². The second-order valence-electron chi connectivity index (χ2n) is 4.47. The fraction of sp³-hybridized carbons (Fsp3) is 0.667. The van der Waals surface area contributed by atoms with E-state index in [1.165, 1.54) is 7.11 Å². The predicted octanol–water partition coefficient (Wildman–Crippen LogP) is 0.714. The van der Waals surface area contributed by atoms with Crippen LogP contribution in [0, 0.1) is 0 Å². The monoisotopic (exact) mass is 268 g/mol. The van der Waals surface area contributed by atoms with E-state index in [-0.39, 0.29) is 17.5 Å². The zero-order chi connectivity index (χ0) is 14.4. The van der Waals surface area contributed by atoms with Gasteiger partial charge >= 0.3 is 5.97 Å². The number of nitrogens with zero attached hydrogens (tertiary/aromatic N) is 3. The van der Waals surface area contributed by atoms with Crippen LogP contribution in [-0.2, 0) is 16.1 Å². The third-order valence-corrected chi connectivity index (χ3v) is 2.75. The van der Waals surface area contributed by atoms with E-state index < -0.39 is 5.97 Å². The summed E-state index contributed by atoms with van der Waals surface area (Å²) in [6, 6.07) is 0. The summed E-state index contributed by atoms with van der Waals surface area (Å²) < 4.78 is 6.35. The van der Waals surface area contributed by atoms with Gasteiger partial charge < -0.3 is 10.1 Å². The molecular formula is C12H20N4O3. The van der Waals surface area contributed by atoms with Crippen LogP contribution in [-0.4, -0.2) is 41.0 Å². The SMILES string of the molecule is CNC(=O)CCCn1nnc(C(=O)OC)c1C(C)C. The second kappa shape index (κ2) is 6.86. The molecule has 0 aliphatic heterocycles. The normalized spacial score (nSPS) is 10.6. The van der Waals surface area contributed by atoms with Crippen LogP contribution in [0.3, 0.4) is 0 Å². The van der Waals surface area contributed by atoms with Gasteiger partial charge in [-0.1, -0.05) is 19.1 Å². The molecule has 0 aliphatic carbocycles. The average molecular weight is 268 g/mol. The molecular weight excluding hydrogens is 248 g/mol. The van der Waals surface area contributed by atoms with Gasteiger partial charge in [0, 0.05) is 20.0 Å². The Labute approximate surface area is 112 Å². The number of rotatable bonds is 6. The number of aryl methyl sites for hydroxylation is 1. The fourth-order valence-electron chi connectivity index (χ4n) is 1.81. The highest BCUT2D eigenvalue weighted by Crippen LogP contribution is 2.18. The van der Waals surface area contributed by atoms with E-state index in [0.717, 1.165) is 5.69 Å². The quantitative estimate of drug-likeness (QED) is 0.768.